The Hall–Kier alpha value is -0.770. The molecule has 112 valence electrons. The van der Waals surface area contributed by atoms with Crippen LogP contribution in [0.3, 0.4) is 0 Å². The summed E-state index contributed by atoms with van der Waals surface area (Å²) in [5, 5.41) is 3.55. The smallest absolute Gasteiger partial charge is 0.410 e. The number of amides is 1. The van der Waals surface area contributed by atoms with Crippen molar-refractivity contribution in [3.8, 4) is 0 Å². The molecule has 1 fully saturated rings. The Morgan fingerprint density at radius 1 is 1.37 bits per heavy atom. The van der Waals surface area contributed by atoms with Gasteiger partial charge in [-0.2, -0.15) is 0 Å². The second-order valence-electron chi connectivity index (χ2n) is 7.23. The number of hydrogen-bond donors (Lipinski definition) is 1. The van der Waals surface area contributed by atoms with E-state index in [1.54, 1.807) is 0 Å². The van der Waals surface area contributed by atoms with Crippen molar-refractivity contribution in [1.82, 2.24) is 10.2 Å². The molecule has 0 aromatic heterocycles. The van der Waals surface area contributed by atoms with E-state index in [1.165, 1.54) is 0 Å². The van der Waals surface area contributed by atoms with Gasteiger partial charge in [-0.05, 0) is 45.6 Å². The first-order valence-corrected chi connectivity index (χ1v) is 7.38. The van der Waals surface area contributed by atoms with Gasteiger partial charge in [0.25, 0.3) is 0 Å². The summed E-state index contributed by atoms with van der Waals surface area (Å²) in [4.78, 5) is 14.0. The van der Waals surface area contributed by atoms with Crippen LogP contribution in [0.15, 0.2) is 0 Å². The molecule has 1 aliphatic rings. The molecule has 4 nitrogen and oxygen atoms in total. The number of hydrogen-bond acceptors (Lipinski definition) is 3. The minimum Gasteiger partial charge on any atom is -0.444 e. The van der Waals surface area contributed by atoms with Crippen molar-refractivity contribution in [2.45, 2.75) is 59.6 Å². The van der Waals surface area contributed by atoms with Crippen LogP contribution in [-0.4, -0.2) is 42.3 Å². The van der Waals surface area contributed by atoms with Gasteiger partial charge in [0.05, 0.1) is 0 Å². The molecule has 0 saturated carbocycles. The van der Waals surface area contributed by atoms with Gasteiger partial charge in [-0.1, -0.05) is 20.8 Å². The molecule has 0 aromatic rings. The predicted octanol–water partition coefficient (Wildman–Crippen LogP) is 2.88. The molecule has 0 aromatic carbocycles. The fourth-order valence-corrected chi connectivity index (χ4v) is 2.38. The zero-order valence-corrected chi connectivity index (χ0v) is 13.3. The SMILES string of the molecule is CC(C)CNC1CC(C)CN(C(=O)OC(C)(C)C)C1. The summed E-state index contributed by atoms with van der Waals surface area (Å²) in [7, 11) is 0. The van der Waals surface area contributed by atoms with Crippen molar-refractivity contribution in [3.63, 3.8) is 0 Å². The van der Waals surface area contributed by atoms with E-state index in [9.17, 15) is 4.79 Å². The van der Waals surface area contributed by atoms with Gasteiger partial charge in [0.2, 0.25) is 0 Å². The number of likely N-dealkylation sites (tertiary alicyclic amines) is 1. The molecule has 2 atom stereocenters. The van der Waals surface area contributed by atoms with E-state index in [0.29, 0.717) is 17.9 Å². The fraction of sp³-hybridized carbons (Fsp3) is 0.933. The largest absolute Gasteiger partial charge is 0.444 e. The number of carbonyl (C=O) groups is 1. The Balaban J connectivity index is 2.52. The van der Waals surface area contributed by atoms with E-state index in [1.807, 2.05) is 25.7 Å². The van der Waals surface area contributed by atoms with Crippen LogP contribution in [-0.2, 0) is 4.74 Å². The number of rotatable bonds is 3. The highest BCUT2D eigenvalue weighted by Gasteiger charge is 2.30. The van der Waals surface area contributed by atoms with Crippen molar-refractivity contribution in [2.75, 3.05) is 19.6 Å². The molecule has 19 heavy (non-hydrogen) atoms. The van der Waals surface area contributed by atoms with Crippen molar-refractivity contribution in [1.29, 1.82) is 0 Å². The first-order chi connectivity index (χ1) is 8.67. The van der Waals surface area contributed by atoms with Crippen LogP contribution in [0.1, 0.15) is 48.0 Å². The molecule has 4 heteroatoms. The van der Waals surface area contributed by atoms with E-state index < -0.39 is 5.60 Å². The second-order valence-corrected chi connectivity index (χ2v) is 7.23. The van der Waals surface area contributed by atoms with Gasteiger partial charge in [-0.25, -0.2) is 4.79 Å². The minimum absolute atomic E-state index is 0.185. The Labute approximate surface area is 117 Å². The van der Waals surface area contributed by atoms with E-state index in [2.05, 4.69) is 26.1 Å². The normalized spacial score (nSPS) is 24.7. The van der Waals surface area contributed by atoms with Crippen molar-refractivity contribution in [2.24, 2.45) is 11.8 Å². The van der Waals surface area contributed by atoms with Crippen LogP contribution < -0.4 is 5.32 Å². The van der Waals surface area contributed by atoms with Crippen molar-refractivity contribution < 1.29 is 9.53 Å². The average molecular weight is 270 g/mol. The summed E-state index contributed by atoms with van der Waals surface area (Å²) in [6, 6.07) is 0.388. The third-order valence-corrected chi connectivity index (χ3v) is 3.13. The number of nitrogens with one attached hydrogen (secondary N) is 1. The van der Waals surface area contributed by atoms with Gasteiger partial charge < -0.3 is 15.0 Å². The average Bonchev–Trinajstić information content (AvgIpc) is 2.23. The number of carbonyl (C=O) groups excluding carboxylic acids is 1. The Bertz CT molecular complexity index is 297. The maximum absolute atomic E-state index is 12.1. The number of nitrogens with zero attached hydrogens (tertiary/aromatic N) is 1. The molecule has 1 heterocycles. The molecule has 1 saturated heterocycles. The maximum atomic E-state index is 12.1. The molecule has 1 rings (SSSR count). The highest BCUT2D eigenvalue weighted by Crippen LogP contribution is 2.19. The third-order valence-electron chi connectivity index (χ3n) is 3.13. The van der Waals surface area contributed by atoms with Gasteiger partial charge in [-0.3, -0.25) is 0 Å². The van der Waals surface area contributed by atoms with Crippen LogP contribution in [0.25, 0.3) is 0 Å². The topological polar surface area (TPSA) is 41.6 Å². The summed E-state index contributed by atoms with van der Waals surface area (Å²) in [6.07, 6.45) is 0.946. The zero-order valence-electron chi connectivity index (χ0n) is 13.3. The van der Waals surface area contributed by atoms with E-state index in [4.69, 9.17) is 4.74 Å². The lowest BCUT2D eigenvalue weighted by molar-refractivity contribution is 0.0137. The van der Waals surface area contributed by atoms with Gasteiger partial charge in [-0.15, -0.1) is 0 Å². The first kappa shape index (κ1) is 16.3. The summed E-state index contributed by atoms with van der Waals surface area (Å²) < 4.78 is 5.46. The Kier molecular flexibility index (Phi) is 5.65. The van der Waals surface area contributed by atoms with Crippen LogP contribution >= 0.6 is 0 Å². The molecule has 2 unspecified atom stereocenters. The molecule has 1 N–H and O–H groups in total. The lowest BCUT2D eigenvalue weighted by Gasteiger charge is -2.37. The number of ether oxygens (including phenoxy) is 1. The highest BCUT2D eigenvalue weighted by atomic mass is 16.6. The quantitative estimate of drug-likeness (QED) is 0.857. The highest BCUT2D eigenvalue weighted by molar-refractivity contribution is 5.68. The third kappa shape index (κ3) is 6.28. The summed E-state index contributed by atoms with van der Waals surface area (Å²) in [5.41, 5.74) is -0.418. The van der Waals surface area contributed by atoms with Gasteiger partial charge in [0, 0.05) is 19.1 Å². The van der Waals surface area contributed by atoms with Gasteiger partial charge >= 0.3 is 6.09 Å². The van der Waals surface area contributed by atoms with E-state index in [-0.39, 0.29) is 6.09 Å². The first-order valence-electron chi connectivity index (χ1n) is 7.38. The molecule has 0 bridgehead atoms. The van der Waals surface area contributed by atoms with Crippen molar-refractivity contribution >= 4 is 6.09 Å². The summed E-state index contributed by atoms with van der Waals surface area (Å²) in [6.45, 7) is 14.9. The van der Waals surface area contributed by atoms with Gasteiger partial charge in [0.15, 0.2) is 0 Å². The minimum atomic E-state index is -0.418. The van der Waals surface area contributed by atoms with Crippen LogP contribution in [0, 0.1) is 11.8 Å². The standard InChI is InChI=1S/C15H30N2O2/c1-11(2)8-16-13-7-12(3)9-17(10-13)14(18)19-15(4,5)6/h11-13,16H,7-10H2,1-6H3. The molecule has 1 aliphatic heterocycles. The molecule has 0 radical (unpaired) electrons. The van der Waals surface area contributed by atoms with Crippen LogP contribution in [0.4, 0.5) is 4.79 Å². The molecule has 0 spiro atoms. The Morgan fingerprint density at radius 3 is 2.53 bits per heavy atom. The predicted molar refractivity (Wildman–Crippen MR) is 78.2 cm³/mol. The van der Waals surface area contributed by atoms with Crippen LogP contribution in [0.5, 0.6) is 0 Å². The molecular weight excluding hydrogens is 240 g/mol. The number of piperidine rings is 1. The molecule has 1 amide bonds. The Morgan fingerprint density at radius 2 is 2.00 bits per heavy atom. The second kappa shape index (κ2) is 6.60. The van der Waals surface area contributed by atoms with Crippen LogP contribution in [0.2, 0.25) is 0 Å². The summed E-state index contributed by atoms with van der Waals surface area (Å²) >= 11 is 0. The maximum Gasteiger partial charge on any atom is 0.410 e. The lowest BCUT2D eigenvalue weighted by atomic mass is 9.96. The molecule has 0 aliphatic carbocycles. The van der Waals surface area contributed by atoms with E-state index >= 15 is 0 Å². The zero-order chi connectivity index (χ0) is 14.6. The molecular formula is C15H30N2O2. The van der Waals surface area contributed by atoms with Crippen molar-refractivity contribution in [3.05, 3.63) is 0 Å². The monoisotopic (exact) mass is 270 g/mol. The lowest BCUT2D eigenvalue weighted by Crippen LogP contribution is -2.52. The van der Waals surface area contributed by atoms with Gasteiger partial charge in [0.1, 0.15) is 5.60 Å². The fourth-order valence-electron chi connectivity index (χ4n) is 2.38. The van der Waals surface area contributed by atoms with E-state index in [0.717, 1.165) is 26.1 Å². The summed E-state index contributed by atoms with van der Waals surface area (Å²) in [5.74, 6) is 1.15.